The highest BCUT2D eigenvalue weighted by atomic mass is 35.5. The van der Waals surface area contributed by atoms with Crippen molar-refractivity contribution in [1.29, 1.82) is 5.26 Å². The molecule has 118 valence electrons. The van der Waals surface area contributed by atoms with Gasteiger partial charge in [0.15, 0.2) is 11.5 Å². The van der Waals surface area contributed by atoms with Gasteiger partial charge in [-0.25, -0.2) is 0 Å². The normalized spacial score (nSPS) is 11.0. The predicted molar refractivity (Wildman–Crippen MR) is 93.7 cm³/mol. The Labute approximate surface area is 141 Å². The quantitative estimate of drug-likeness (QED) is 0.541. The van der Waals surface area contributed by atoms with Gasteiger partial charge in [-0.1, -0.05) is 36.7 Å². The van der Waals surface area contributed by atoms with Crippen molar-refractivity contribution in [3.63, 3.8) is 0 Å². The Balaban J connectivity index is 2.33. The van der Waals surface area contributed by atoms with Gasteiger partial charge >= 0.3 is 0 Å². The van der Waals surface area contributed by atoms with E-state index in [0.29, 0.717) is 28.7 Å². The number of nitriles is 1. The lowest BCUT2D eigenvalue weighted by Gasteiger charge is -2.10. The second-order valence-electron chi connectivity index (χ2n) is 4.94. The molecule has 0 saturated heterocycles. The molecular weight excluding hydrogens is 310 g/mol. The lowest BCUT2D eigenvalue weighted by molar-refractivity contribution is 0.294. The molecule has 23 heavy (non-hydrogen) atoms. The zero-order valence-electron chi connectivity index (χ0n) is 13.2. The first-order valence-corrected chi connectivity index (χ1v) is 7.74. The predicted octanol–water partition coefficient (Wildman–Crippen LogP) is 5.20. The highest BCUT2D eigenvalue weighted by Crippen LogP contribution is 2.30. The van der Waals surface area contributed by atoms with E-state index in [2.05, 4.69) is 13.0 Å². The molecule has 0 aliphatic rings. The summed E-state index contributed by atoms with van der Waals surface area (Å²) in [6.07, 6.45) is 2.75. The minimum Gasteiger partial charge on any atom is -0.493 e. The van der Waals surface area contributed by atoms with Crippen molar-refractivity contribution in [3.05, 3.63) is 58.6 Å². The molecule has 0 aliphatic carbocycles. The average molecular weight is 328 g/mol. The highest BCUT2D eigenvalue weighted by molar-refractivity contribution is 6.30. The van der Waals surface area contributed by atoms with E-state index in [9.17, 15) is 5.26 Å². The van der Waals surface area contributed by atoms with Gasteiger partial charge in [0, 0.05) is 5.02 Å². The van der Waals surface area contributed by atoms with Crippen LogP contribution in [-0.2, 0) is 0 Å². The third-order valence-electron chi connectivity index (χ3n) is 3.24. The van der Waals surface area contributed by atoms with E-state index in [4.69, 9.17) is 21.1 Å². The third kappa shape index (κ3) is 4.51. The lowest BCUT2D eigenvalue weighted by Crippen LogP contribution is -1.97. The molecule has 4 heteroatoms. The molecule has 3 nitrogen and oxygen atoms in total. The summed E-state index contributed by atoms with van der Waals surface area (Å²) >= 11 is 5.89. The van der Waals surface area contributed by atoms with Crippen LogP contribution in [0.2, 0.25) is 5.02 Å². The number of methoxy groups -OCH3 is 1. The Hall–Kier alpha value is -2.44. The molecule has 0 fully saturated rings. The summed E-state index contributed by atoms with van der Waals surface area (Å²) in [7, 11) is 1.60. The first-order chi connectivity index (χ1) is 11.2. The van der Waals surface area contributed by atoms with Crippen LogP contribution in [0.5, 0.6) is 11.5 Å². The molecule has 0 atom stereocenters. The number of halogens is 1. The molecule has 0 amide bonds. The monoisotopic (exact) mass is 327 g/mol. The van der Waals surface area contributed by atoms with Crippen molar-refractivity contribution >= 4 is 23.3 Å². The Bertz CT molecular complexity index is 730. The van der Waals surface area contributed by atoms with E-state index in [0.717, 1.165) is 17.5 Å². The van der Waals surface area contributed by atoms with Crippen molar-refractivity contribution in [1.82, 2.24) is 0 Å². The fraction of sp³-hybridized carbons (Fsp3) is 0.211. The van der Waals surface area contributed by atoms with Crippen molar-refractivity contribution in [2.24, 2.45) is 0 Å². The smallest absolute Gasteiger partial charge is 0.161 e. The molecule has 0 saturated carbocycles. The van der Waals surface area contributed by atoms with Gasteiger partial charge in [-0.3, -0.25) is 0 Å². The van der Waals surface area contributed by atoms with Crippen LogP contribution in [-0.4, -0.2) is 13.7 Å². The first-order valence-electron chi connectivity index (χ1n) is 7.36. The van der Waals surface area contributed by atoms with Gasteiger partial charge in [0.25, 0.3) is 0 Å². The fourth-order valence-corrected chi connectivity index (χ4v) is 2.21. The van der Waals surface area contributed by atoms with E-state index in [1.165, 1.54) is 0 Å². The number of ether oxygens (including phenoxy) is 2. The topological polar surface area (TPSA) is 42.2 Å². The molecule has 2 aromatic carbocycles. The number of allylic oxidation sites excluding steroid dienone is 1. The molecular formula is C19H18ClNO2. The lowest BCUT2D eigenvalue weighted by atomic mass is 10.0. The minimum absolute atomic E-state index is 0.561. The number of nitrogens with zero attached hydrogens (tertiary/aromatic N) is 1. The van der Waals surface area contributed by atoms with Crippen molar-refractivity contribution < 1.29 is 9.47 Å². The van der Waals surface area contributed by atoms with Gasteiger partial charge in [-0.05, 0) is 47.9 Å². The van der Waals surface area contributed by atoms with E-state index in [-0.39, 0.29) is 0 Å². The summed E-state index contributed by atoms with van der Waals surface area (Å²) in [5.41, 5.74) is 2.25. The van der Waals surface area contributed by atoms with Crippen LogP contribution in [0.1, 0.15) is 24.5 Å². The van der Waals surface area contributed by atoms with Crippen LogP contribution in [0, 0.1) is 11.3 Å². The molecule has 0 unspecified atom stereocenters. The summed E-state index contributed by atoms with van der Waals surface area (Å²) < 4.78 is 11.0. The van der Waals surface area contributed by atoms with Crippen LogP contribution in [0.15, 0.2) is 42.5 Å². The summed E-state index contributed by atoms with van der Waals surface area (Å²) in [5.74, 6) is 1.36. The van der Waals surface area contributed by atoms with E-state index in [1.54, 1.807) is 19.2 Å². The van der Waals surface area contributed by atoms with Crippen molar-refractivity contribution in [2.75, 3.05) is 13.7 Å². The standard InChI is InChI=1S/C19H18ClNO2/c1-3-10-23-18-9-4-14(12-19(18)22-2)11-16(13-21)15-5-7-17(20)8-6-15/h4-9,11-12H,3,10H2,1-2H3/b16-11-. The van der Waals surface area contributed by atoms with Crippen LogP contribution in [0.3, 0.4) is 0 Å². The molecule has 0 aliphatic heterocycles. The largest absolute Gasteiger partial charge is 0.493 e. The maximum Gasteiger partial charge on any atom is 0.161 e. The minimum atomic E-state index is 0.561. The number of hydrogen-bond acceptors (Lipinski definition) is 3. The van der Waals surface area contributed by atoms with Gasteiger partial charge in [0.05, 0.1) is 25.4 Å². The second kappa shape index (κ2) is 8.26. The van der Waals surface area contributed by atoms with Gasteiger partial charge in [0.1, 0.15) is 0 Å². The first kappa shape index (κ1) is 16.9. The molecule has 0 spiro atoms. The van der Waals surface area contributed by atoms with Gasteiger partial charge in [-0.15, -0.1) is 0 Å². The van der Waals surface area contributed by atoms with Crippen molar-refractivity contribution in [2.45, 2.75) is 13.3 Å². The number of benzene rings is 2. The fourth-order valence-electron chi connectivity index (χ4n) is 2.08. The maximum atomic E-state index is 9.40. The molecule has 0 N–H and O–H groups in total. The summed E-state index contributed by atoms with van der Waals surface area (Å²) in [4.78, 5) is 0. The van der Waals surface area contributed by atoms with Gasteiger partial charge in [0.2, 0.25) is 0 Å². The maximum absolute atomic E-state index is 9.40. The van der Waals surface area contributed by atoms with Crippen LogP contribution < -0.4 is 9.47 Å². The van der Waals surface area contributed by atoms with Crippen LogP contribution in [0.4, 0.5) is 0 Å². The summed E-state index contributed by atoms with van der Waals surface area (Å²) in [6.45, 7) is 2.69. The molecule has 0 aromatic heterocycles. The average Bonchev–Trinajstić information content (AvgIpc) is 2.59. The summed E-state index contributed by atoms with van der Waals surface area (Å²) in [6, 6.07) is 15.0. The second-order valence-corrected chi connectivity index (χ2v) is 5.37. The SMILES string of the molecule is CCCOc1ccc(/C=C(/C#N)c2ccc(Cl)cc2)cc1OC. The molecule has 2 aromatic rings. The number of rotatable bonds is 6. The van der Waals surface area contributed by atoms with Gasteiger partial charge in [-0.2, -0.15) is 5.26 Å². The zero-order valence-corrected chi connectivity index (χ0v) is 13.9. The Morgan fingerprint density at radius 1 is 1.17 bits per heavy atom. The molecule has 0 heterocycles. The van der Waals surface area contributed by atoms with E-state index < -0.39 is 0 Å². The van der Waals surface area contributed by atoms with E-state index in [1.807, 2.05) is 36.4 Å². The Morgan fingerprint density at radius 3 is 2.52 bits per heavy atom. The highest BCUT2D eigenvalue weighted by Gasteiger charge is 2.06. The molecule has 2 rings (SSSR count). The summed E-state index contributed by atoms with van der Waals surface area (Å²) in [5, 5.41) is 10.0. The Morgan fingerprint density at radius 2 is 1.91 bits per heavy atom. The van der Waals surface area contributed by atoms with Crippen LogP contribution >= 0.6 is 11.6 Å². The molecule has 0 radical (unpaired) electrons. The van der Waals surface area contributed by atoms with Crippen LogP contribution in [0.25, 0.3) is 11.6 Å². The van der Waals surface area contributed by atoms with E-state index >= 15 is 0 Å². The zero-order chi connectivity index (χ0) is 16.7. The molecule has 0 bridgehead atoms. The number of hydrogen-bond donors (Lipinski definition) is 0. The van der Waals surface area contributed by atoms with Crippen molar-refractivity contribution in [3.8, 4) is 17.6 Å². The van der Waals surface area contributed by atoms with Gasteiger partial charge < -0.3 is 9.47 Å². The Kier molecular flexibility index (Phi) is 6.08. The third-order valence-corrected chi connectivity index (χ3v) is 3.49.